The summed E-state index contributed by atoms with van der Waals surface area (Å²) in [4.78, 5) is 11.4. The predicted octanol–water partition coefficient (Wildman–Crippen LogP) is -0.0546. The van der Waals surface area contributed by atoms with Crippen LogP contribution in [0.1, 0.15) is 26.2 Å². The summed E-state index contributed by atoms with van der Waals surface area (Å²) >= 11 is 0. The van der Waals surface area contributed by atoms with E-state index in [1.165, 1.54) is 0 Å². The standard InChI is InChI=1S/C10H18N4O2/c1-2-9(15)3-5-11-10(16)4-7-14-8-6-12-13-14/h6,8-9,15H,2-5,7H2,1H3,(H,11,16). The van der Waals surface area contributed by atoms with E-state index in [1.54, 1.807) is 17.1 Å². The summed E-state index contributed by atoms with van der Waals surface area (Å²) in [6.45, 7) is 2.96. The van der Waals surface area contributed by atoms with Gasteiger partial charge in [0.15, 0.2) is 0 Å². The highest BCUT2D eigenvalue weighted by Gasteiger charge is 2.04. The van der Waals surface area contributed by atoms with Gasteiger partial charge in [0.05, 0.1) is 18.8 Å². The number of aliphatic hydroxyl groups excluding tert-OH is 1. The summed E-state index contributed by atoms with van der Waals surface area (Å²) in [5, 5.41) is 19.4. The van der Waals surface area contributed by atoms with Crippen molar-refractivity contribution in [1.29, 1.82) is 0 Å². The third kappa shape index (κ3) is 4.88. The minimum absolute atomic E-state index is 0.0289. The SMILES string of the molecule is CCC(O)CCNC(=O)CCn1ccnn1. The number of amides is 1. The molecule has 0 aromatic carbocycles. The number of aromatic nitrogens is 3. The summed E-state index contributed by atoms with van der Waals surface area (Å²) < 4.78 is 1.61. The molecule has 16 heavy (non-hydrogen) atoms. The number of rotatable bonds is 7. The summed E-state index contributed by atoms with van der Waals surface area (Å²) in [7, 11) is 0. The summed E-state index contributed by atoms with van der Waals surface area (Å²) in [5.74, 6) is -0.0289. The van der Waals surface area contributed by atoms with Crippen molar-refractivity contribution in [3.05, 3.63) is 12.4 Å². The molecule has 1 rings (SSSR count). The Morgan fingerprint density at radius 1 is 1.62 bits per heavy atom. The molecular formula is C10H18N4O2. The predicted molar refractivity (Wildman–Crippen MR) is 58.6 cm³/mol. The van der Waals surface area contributed by atoms with Crippen molar-refractivity contribution in [1.82, 2.24) is 20.3 Å². The van der Waals surface area contributed by atoms with Crippen LogP contribution in [0.3, 0.4) is 0 Å². The first-order chi connectivity index (χ1) is 7.72. The summed E-state index contributed by atoms with van der Waals surface area (Å²) in [5.41, 5.74) is 0. The summed E-state index contributed by atoms with van der Waals surface area (Å²) in [6, 6.07) is 0. The van der Waals surface area contributed by atoms with Crippen LogP contribution < -0.4 is 5.32 Å². The van der Waals surface area contributed by atoms with Crippen molar-refractivity contribution in [2.75, 3.05) is 6.54 Å². The minimum Gasteiger partial charge on any atom is -0.393 e. The largest absolute Gasteiger partial charge is 0.393 e. The molecule has 1 amide bonds. The third-order valence-corrected chi connectivity index (χ3v) is 2.31. The first kappa shape index (κ1) is 12.6. The molecule has 1 atom stereocenters. The van der Waals surface area contributed by atoms with Gasteiger partial charge in [-0.25, -0.2) is 0 Å². The lowest BCUT2D eigenvalue weighted by Gasteiger charge is -2.08. The Hall–Kier alpha value is -1.43. The highest BCUT2D eigenvalue weighted by atomic mass is 16.3. The third-order valence-electron chi connectivity index (χ3n) is 2.31. The minimum atomic E-state index is -0.324. The van der Waals surface area contributed by atoms with Gasteiger partial charge in [0.1, 0.15) is 0 Å². The second-order valence-corrected chi connectivity index (χ2v) is 3.62. The van der Waals surface area contributed by atoms with Crippen LogP contribution in [0, 0.1) is 0 Å². The van der Waals surface area contributed by atoms with Crippen LogP contribution in [0.4, 0.5) is 0 Å². The molecule has 1 aromatic rings. The van der Waals surface area contributed by atoms with E-state index in [0.717, 1.165) is 6.42 Å². The van der Waals surface area contributed by atoms with Crippen molar-refractivity contribution < 1.29 is 9.90 Å². The molecule has 0 aliphatic heterocycles. The maximum Gasteiger partial charge on any atom is 0.221 e. The molecule has 0 aliphatic carbocycles. The zero-order chi connectivity index (χ0) is 11.8. The van der Waals surface area contributed by atoms with E-state index in [9.17, 15) is 9.90 Å². The number of aryl methyl sites for hydroxylation is 1. The topological polar surface area (TPSA) is 80.0 Å². The van der Waals surface area contributed by atoms with Crippen LogP contribution >= 0.6 is 0 Å². The average molecular weight is 226 g/mol. The Balaban J connectivity index is 2.07. The van der Waals surface area contributed by atoms with Crippen LogP contribution in [-0.4, -0.2) is 38.7 Å². The number of aliphatic hydroxyl groups is 1. The Bertz CT molecular complexity index is 300. The van der Waals surface area contributed by atoms with Crippen molar-refractivity contribution in [2.24, 2.45) is 0 Å². The van der Waals surface area contributed by atoms with Gasteiger partial charge in [0, 0.05) is 19.2 Å². The van der Waals surface area contributed by atoms with Crippen LogP contribution in [0.2, 0.25) is 0 Å². The molecule has 0 saturated heterocycles. The van der Waals surface area contributed by atoms with E-state index >= 15 is 0 Å². The molecule has 0 fully saturated rings. The number of nitrogens with one attached hydrogen (secondary N) is 1. The fourth-order valence-corrected chi connectivity index (χ4v) is 1.24. The molecule has 0 aliphatic rings. The Kier molecular flexibility index (Phi) is 5.49. The maximum absolute atomic E-state index is 11.4. The molecule has 0 spiro atoms. The van der Waals surface area contributed by atoms with Gasteiger partial charge in [-0.15, -0.1) is 5.10 Å². The molecule has 1 heterocycles. The van der Waals surface area contributed by atoms with Crippen molar-refractivity contribution in [3.63, 3.8) is 0 Å². The fraction of sp³-hybridized carbons (Fsp3) is 0.700. The van der Waals surface area contributed by atoms with Gasteiger partial charge in [0.25, 0.3) is 0 Å². The van der Waals surface area contributed by atoms with E-state index in [2.05, 4.69) is 15.6 Å². The van der Waals surface area contributed by atoms with Gasteiger partial charge >= 0.3 is 0 Å². The lowest BCUT2D eigenvalue weighted by molar-refractivity contribution is -0.121. The normalized spacial score (nSPS) is 12.4. The van der Waals surface area contributed by atoms with E-state index in [0.29, 0.717) is 25.9 Å². The van der Waals surface area contributed by atoms with Crippen LogP contribution in [0.15, 0.2) is 12.4 Å². The quantitative estimate of drug-likeness (QED) is 0.683. The zero-order valence-corrected chi connectivity index (χ0v) is 9.46. The number of carbonyl (C=O) groups is 1. The van der Waals surface area contributed by atoms with Crippen LogP contribution in [-0.2, 0) is 11.3 Å². The molecule has 6 heteroatoms. The molecule has 1 aromatic heterocycles. The molecular weight excluding hydrogens is 208 g/mol. The van der Waals surface area contributed by atoms with Gasteiger partial charge in [-0.1, -0.05) is 12.1 Å². The lowest BCUT2D eigenvalue weighted by atomic mass is 10.2. The van der Waals surface area contributed by atoms with Crippen molar-refractivity contribution in [3.8, 4) is 0 Å². The van der Waals surface area contributed by atoms with E-state index in [1.807, 2.05) is 6.92 Å². The molecule has 2 N–H and O–H groups in total. The monoisotopic (exact) mass is 226 g/mol. The smallest absolute Gasteiger partial charge is 0.221 e. The molecule has 0 radical (unpaired) electrons. The van der Waals surface area contributed by atoms with Gasteiger partial charge < -0.3 is 10.4 Å². The number of nitrogens with zero attached hydrogens (tertiary/aromatic N) is 3. The zero-order valence-electron chi connectivity index (χ0n) is 9.46. The lowest BCUT2D eigenvalue weighted by Crippen LogP contribution is -2.27. The molecule has 6 nitrogen and oxygen atoms in total. The Morgan fingerprint density at radius 2 is 2.44 bits per heavy atom. The Labute approximate surface area is 94.7 Å². The molecule has 0 bridgehead atoms. The average Bonchev–Trinajstić information content (AvgIpc) is 2.79. The second-order valence-electron chi connectivity index (χ2n) is 3.62. The molecule has 0 saturated carbocycles. The molecule has 90 valence electrons. The molecule has 1 unspecified atom stereocenters. The fourth-order valence-electron chi connectivity index (χ4n) is 1.24. The van der Waals surface area contributed by atoms with Gasteiger partial charge in [-0.2, -0.15) is 0 Å². The van der Waals surface area contributed by atoms with Crippen molar-refractivity contribution >= 4 is 5.91 Å². The number of hydrogen-bond acceptors (Lipinski definition) is 4. The second kappa shape index (κ2) is 6.95. The summed E-state index contributed by atoms with van der Waals surface area (Å²) in [6.07, 6.45) is 4.67. The van der Waals surface area contributed by atoms with Crippen LogP contribution in [0.25, 0.3) is 0 Å². The highest BCUT2D eigenvalue weighted by molar-refractivity contribution is 5.75. The van der Waals surface area contributed by atoms with E-state index in [-0.39, 0.29) is 12.0 Å². The van der Waals surface area contributed by atoms with Gasteiger partial charge in [-0.05, 0) is 12.8 Å². The van der Waals surface area contributed by atoms with E-state index < -0.39 is 0 Å². The number of carbonyl (C=O) groups excluding carboxylic acids is 1. The number of hydrogen-bond donors (Lipinski definition) is 2. The first-order valence-electron chi connectivity index (χ1n) is 5.51. The van der Waals surface area contributed by atoms with Gasteiger partial charge in [-0.3, -0.25) is 9.48 Å². The van der Waals surface area contributed by atoms with E-state index in [4.69, 9.17) is 0 Å². The highest BCUT2D eigenvalue weighted by Crippen LogP contribution is 1.95. The van der Waals surface area contributed by atoms with Crippen LogP contribution in [0.5, 0.6) is 0 Å². The van der Waals surface area contributed by atoms with Gasteiger partial charge in [0.2, 0.25) is 5.91 Å². The Morgan fingerprint density at radius 3 is 3.06 bits per heavy atom. The maximum atomic E-state index is 11.4. The van der Waals surface area contributed by atoms with Crippen molar-refractivity contribution in [2.45, 2.75) is 38.8 Å². The first-order valence-corrected chi connectivity index (χ1v) is 5.51.